The first-order valence-electron chi connectivity index (χ1n) is 5.38. The lowest BCUT2D eigenvalue weighted by atomic mass is 10.1. The third-order valence-corrected chi connectivity index (χ3v) is 1.97. The van der Waals surface area contributed by atoms with Gasteiger partial charge in [-0.3, -0.25) is 0 Å². The van der Waals surface area contributed by atoms with Crippen molar-refractivity contribution in [1.82, 2.24) is 0 Å². The first-order valence-corrected chi connectivity index (χ1v) is 5.38. The summed E-state index contributed by atoms with van der Waals surface area (Å²) in [6.07, 6.45) is 4.74. The molecule has 0 amide bonds. The van der Waals surface area contributed by atoms with Crippen molar-refractivity contribution >= 4 is 18.1 Å². The van der Waals surface area contributed by atoms with E-state index in [-0.39, 0.29) is 0 Å². The van der Waals surface area contributed by atoms with Crippen LogP contribution in [-0.4, -0.2) is 5.97 Å². The van der Waals surface area contributed by atoms with Crippen LogP contribution in [0, 0.1) is 0 Å². The van der Waals surface area contributed by atoms with Crippen LogP contribution < -0.4 is 0 Å². The zero-order chi connectivity index (χ0) is 14.0. The molecule has 94 valence electrons. The molecule has 1 rings (SSSR count). The van der Waals surface area contributed by atoms with E-state index in [0.717, 1.165) is 17.4 Å². The molecule has 0 aromatic heterocycles. The average Bonchev–Trinajstić information content (AvgIpc) is 2.39. The Morgan fingerprint density at radius 1 is 1.11 bits per heavy atom. The van der Waals surface area contributed by atoms with Gasteiger partial charge in [-0.15, -0.1) is 0 Å². The first-order chi connectivity index (χ1) is 8.56. The van der Waals surface area contributed by atoms with Gasteiger partial charge in [0.1, 0.15) is 0 Å². The average molecular weight is 242 g/mol. The Morgan fingerprint density at radius 3 is 1.78 bits per heavy atom. The second-order valence-electron chi connectivity index (χ2n) is 3.39. The highest BCUT2D eigenvalue weighted by Crippen LogP contribution is 2.10. The Kier molecular flexibility index (Phi) is 7.62. The molecular formula is C16H18O2. The van der Waals surface area contributed by atoms with Crippen molar-refractivity contribution in [3.8, 4) is 0 Å². The van der Waals surface area contributed by atoms with Crippen LogP contribution in [0.15, 0.2) is 62.4 Å². The molecule has 0 heterocycles. The third-order valence-electron chi connectivity index (χ3n) is 1.97. The lowest BCUT2D eigenvalue weighted by molar-refractivity contribution is -0.133. The van der Waals surface area contributed by atoms with Crippen molar-refractivity contribution in [1.29, 1.82) is 0 Å². The predicted molar refractivity (Wildman–Crippen MR) is 77.7 cm³/mol. The largest absolute Gasteiger partial charge is 0.432 e. The molecule has 0 aliphatic heterocycles. The molecule has 1 aromatic carbocycles. The van der Waals surface area contributed by atoms with Gasteiger partial charge in [0.2, 0.25) is 0 Å². The molecule has 0 saturated carbocycles. The van der Waals surface area contributed by atoms with Gasteiger partial charge in [-0.05, 0) is 18.1 Å². The fraction of sp³-hybridized carbons (Fsp3) is 0.0625. The van der Waals surface area contributed by atoms with Gasteiger partial charge in [-0.25, -0.2) is 4.79 Å². The summed E-state index contributed by atoms with van der Waals surface area (Å²) in [6.45, 7) is 15.5. The standard InChI is InChI=1S/C10H10.C6H8O2/c1-3-9-7-5-6-8-10(9)4-2;1-4-8-6(7)5(2)3/h3-8H,1-2H2;4H,1-2H2,3H3. The predicted octanol–water partition coefficient (Wildman–Crippen LogP) is 4.22. The molecular weight excluding hydrogens is 224 g/mol. The smallest absolute Gasteiger partial charge is 0.337 e. The van der Waals surface area contributed by atoms with E-state index in [1.54, 1.807) is 6.92 Å². The van der Waals surface area contributed by atoms with Crippen LogP contribution >= 0.6 is 0 Å². The van der Waals surface area contributed by atoms with Gasteiger partial charge in [-0.1, -0.05) is 62.7 Å². The minimum absolute atomic E-state index is 0.380. The second-order valence-corrected chi connectivity index (χ2v) is 3.39. The zero-order valence-electron chi connectivity index (χ0n) is 10.7. The summed E-state index contributed by atoms with van der Waals surface area (Å²) in [5.74, 6) is -0.431. The van der Waals surface area contributed by atoms with Crippen LogP contribution in [0.1, 0.15) is 18.1 Å². The van der Waals surface area contributed by atoms with E-state index in [4.69, 9.17) is 0 Å². The Balaban J connectivity index is 0.000000331. The quantitative estimate of drug-likeness (QED) is 0.449. The van der Waals surface area contributed by atoms with Crippen molar-refractivity contribution in [2.45, 2.75) is 6.92 Å². The summed E-state index contributed by atoms with van der Waals surface area (Å²) < 4.78 is 4.33. The summed E-state index contributed by atoms with van der Waals surface area (Å²) in [4.78, 5) is 10.3. The monoisotopic (exact) mass is 242 g/mol. The molecule has 1 aromatic rings. The number of hydrogen-bond donors (Lipinski definition) is 0. The number of esters is 1. The van der Waals surface area contributed by atoms with E-state index in [0.29, 0.717) is 5.57 Å². The van der Waals surface area contributed by atoms with Gasteiger partial charge in [-0.2, -0.15) is 0 Å². The van der Waals surface area contributed by atoms with Crippen molar-refractivity contribution in [2.24, 2.45) is 0 Å². The molecule has 2 heteroatoms. The van der Waals surface area contributed by atoms with Crippen LogP contribution in [0.3, 0.4) is 0 Å². The van der Waals surface area contributed by atoms with Gasteiger partial charge in [0, 0.05) is 5.57 Å². The van der Waals surface area contributed by atoms with E-state index in [9.17, 15) is 4.79 Å². The van der Waals surface area contributed by atoms with Crippen LogP contribution in [0.5, 0.6) is 0 Å². The number of benzene rings is 1. The molecule has 0 aliphatic carbocycles. The van der Waals surface area contributed by atoms with E-state index in [1.807, 2.05) is 36.4 Å². The first kappa shape index (κ1) is 15.7. The van der Waals surface area contributed by atoms with Crippen LogP contribution in [0.2, 0.25) is 0 Å². The second kappa shape index (κ2) is 8.76. The lowest BCUT2D eigenvalue weighted by Gasteiger charge is -1.96. The Morgan fingerprint density at radius 2 is 1.56 bits per heavy atom. The summed E-state index contributed by atoms with van der Waals surface area (Å²) in [6, 6.07) is 8.02. The molecule has 0 spiro atoms. The SMILES string of the molecule is C=COC(=O)C(=C)C.C=Cc1ccccc1C=C. The molecule has 0 N–H and O–H groups in total. The number of carbonyl (C=O) groups excluding carboxylic acids is 1. The zero-order valence-corrected chi connectivity index (χ0v) is 10.7. The fourth-order valence-electron chi connectivity index (χ4n) is 1.06. The van der Waals surface area contributed by atoms with E-state index < -0.39 is 5.97 Å². The van der Waals surface area contributed by atoms with Gasteiger partial charge < -0.3 is 4.74 Å². The third kappa shape index (κ3) is 5.66. The molecule has 0 fully saturated rings. The summed E-state index contributed by atoms with van der Waals surface area (Å²) in [5, 5.41) is 0. The van der Waals surface area contributed by atoms with Gasteiger partial charge >= 0.3 is 5.97 Å². The normalized spacial score (nSPS) is 8.28. The molecule has 0 atom stereocenters. The van der Waals surface area contributed by atoms with E-state index in [1.165, 1.54) is 0 Å². The van der Waals surface area contributed by atoms with Crippen molar-refractivity contribution in [3.63, 3.8) is 0 Å². The van der Waals surface area contributed by atoms with Gasteiger partial charge in [0.15, 0.2) is 0 Å². The van der Waals surface area contributed by atoms with Gasteiger partial charge in [0.05, 0.1) is 6.26 Å². The summed E-state index contributed by atoms with van der Waals surface area (Å²) in [7, 11) is 0. The fourth-order valence-corrected chi connectivity index (χ4v) is 1.06. The number of ether oxygens (including phenoxy) is 1. The number of hydrogen-bond acceptors (Lipinski definition) is 2. The number of rotatable bonds is 4. The van der Waals surface area contributed by atoms with Crippen molar-refractivity contribution in [2.75, 3.05) is 0 Å². The van der Waals surface area contributed by atoms with Gasteiger partial charge in [0.25, 0.3) is 0 Å². The maximum atomic E-state index is 10.3. The lowest BCUT2D eigenvalue weighted by Crippen LogP contribution is -1.98. The van der Waals surface area contributed by atoms with E-state index >= 15 is 0 Å². The van der Waals surface area contributed by atoms with E-state index in [2.05, 4.69) is 31.1 Å². The molecule has 2 nitrogen and oxygen atoms in total. The number of carbonyl (C=O) groups is 1. The molecule has 0 saturated heterocycles. The van der Waals surface area contributed by atoms with Crippen molar-refractivity contribution < 1.29 is 9.53 Å². The summed E-state index contributed by atoms with van der Waals surface area (Å²) in [5.41, 5.74) is 2.65. The highest BCUT2D eigenvalue weighted by molar-refractivity contribution is 5.87. The topological polar surface area (TPSA) is 26.3 Å². The highest BCUT2D eigenvalue weighted by Gasteiger charge is 1.97. The molecule has 0 aliphatic rings. The molecule has 0 bridgehead atoms. The highest BCUT2D eigenvalue weighted by atomic mass is 16.5. The minimum Gasteiger partial charge on any atom is -0.432 e. The Bertz CT molecular complexity index is 429. The Hall–Kier alpha value is -2.35. The Labute approximate surface area is 109 Å². The maximum absolute atomic E-state index is 10.3. The molecule has 0 radical (unpaired) electrons. The van der Waals surface area contributed by atoms with Crippen LogP contribution in [-0.2, 0) is 9.53 Å². The maximum Gasteiger partial charge on any atom is 0.337 e. The van der Waals surface area contributed by atoms with Crippen LogP contribution in [0.25, 0.3) is 12.2 Å². The molecule has 0 unspecified atom stereocenters. The molecule has 18 heavy (non-hydrogen) atoms. The summed E-state index contributed by atoms with van der Waals surface area (Å²) >= 11 is 0. The van der Waals surface area contributed by atoms with Crippen LogP contribution in [0.4, 0.5) is 0 Å². The van der Waals surface area contributed by atoms with Crippen molar-refractivity contribution in [3.05, 3.63) is 73.5 Å². The minimum atomic E-state index is -0.431.